The van der Waals surface area contributed by atoms with Crippen LogP contribution in [0.15, 0.2) is 0 Å². The molecular formula is C10H18O3. The molecule has 1 aliphatic carbocycles. The summed E-state index contributed by atoms with van der Waals surface area (Å²) in [5.41, 5.74) is 0. The van der Waals surface area contributed by atoms with Gasteiger partial charge in [-0.25, -0.2) is 4.79 Å². The monoisotopic (exact) mass is 186 g/mol. The van der Waals surface area contributed by atoms with Gasteiger partial charge in [0.15, 0.2) is 0 Å². The Hall–Kier alpha value is -0.570. The fourth-order valence-electron chi connectivity index (χ4n) is 1.94. The van der Waals surface area contributed by atoms with Crippen molar-refractivity contribution in [2.45, 2.75) is 45.1 Å². The minimum absolute atomic E-state index is 0.0278. The number of ether oxygens (including phenoxy) is 1. The first-order chi connectivity index (χ1) is 6.24. The topological polar surface area (TPSA) is 46.5 Å². The summed E-state index contributed by atoms with van der Waals surface area (Å²) in [6, 6.07) is 0. The summed E-state index contributed by atoms with van der Waals surface area (Å²) in [6.07, 6.45) is 6.06. The Morgan fingerprint density at radius 2 is 2.08 bits per heavy atom. The van der Waals surface area contributed by atoms with E-state index < -0.39 is 12.6 Å². The van der Waals surface area contributed by atoms with Crippen LogP contribution in [0.2, 0.25) is 0 Å². The lowest BCUT2D eigenvalue weighted by Crippen LogP contribution is -2.27. The second-order valence-electron chi connectivity index (χ2n) is 3.75. The van der Waals surface area contributed by atoms with Gasteiger partial charge in [0, 0.05) is 0 Å². The summed E-state index contributed by atoms with van der Waals surface area (Å²) in [4.78, 5) is 10.8. The molecule has 3 heteroatoms. The van der Waals surface area contributed by atoms with E-state index in [0.29, 0.717) is 5.92 Å². The van der Waals surface area contributed by atoms with Gasteiger partial charge < -0.3 is 9.84 Å². The maximum Gasteiger partial charge on any atom is 0.332 e. The van der Waals surface area contributed by atoms with E-state index in [2.05, 4.69) is 0 Å². The van der Waals surface area contributed by atoms with Crippen LogP contribution in [0, 0.1) is 5.92 Å². The van der Waals surface area contributed by atoms with Crippen LogP contribution in [-0.4, -0.2) is 23.8 Å². The predicted molar refractivity (Wildman–Crippen MR) is 49.2 cm³/mol. The molecule has 0 amide bonds. The lowest BCUT2D eigenvalue weighted by Gasteiger charge is -2.27. The summed E-state index contributed by atoms with van der Waals surface area (Å²) in [7, 11) is 0. The minimum atomic E-state index is -0.503. The molecule has 0 radical (unpaired) electrons. The van der Waals surface area contributed by atoms with Crippen LogP contribution in [0.3, 0.4) is 0 Å². The molecule has 1 aliphatic rings. The largest absolute Gasteiger partial charge is 0.461 e. The highest BCUT2D eigenvalue weighted by Gasteiger charge is 2.22. The number of carbonyl (C=O) groups excluding carboxylic acids is 1. The Bertz CT molecular complexity index is 162. The van der Waals surface area contributed by atoms with Gasteiger partial charge in [-0.1, -0.05) is 19.3 Å². The Morgan fingerprint density at radius 1 is 1.46 bits per heavy atom. The van der Waals surface area contributed by atoms with Gasteiger partial charge in [0.2, 0.25) is 0 Å². The third kappa shape index (κ3) is 3.35. The molecular weight excluding hydrogens is 168 g/mol. The maximum atomic E-state index is 10.8. The summed E-state index contributed by atoms with van der Waals surface area (Å²) in [5, 5.41) is 8.51. The molecule has 0 saturated heterocycles. The zero-order valence-corrected chi connectivity index (χ0v) is 8.16. The van der Waals surface area contributed by atoms with Gasteiger partial charge in [-0.2, -0.15) is 0 Å². The standard InChI is InChI=1S/C10H18O3/c1-8(13-10(12)7-11)9-5-3-2-4-6-9/h8-9,11H,2-7H2,1H3. The summed E-state index contributed by atoms with van der Waals surface area (Å²) in [5.74, 6) is 0.00215. The van der Waals surface area contributed by atoms with Gasteiger partial charge in [0.1, 0.15) is 12.7 Å². The second kappa shape index (κ2) is 5.22. The van der Waals surface area contributed by atoms with E-state index >= 15 is 0 Å². The Labute approximate surface area is 79.1 Å². The molecule has 0 bridgehead atoms. The van der Waals surface area contributed by atoms with Crippen molar-refractivity contribution in [2.24, 2.45) is 5.92 Å². The fourth-order valence-corrected chi connectivity index (χ4v) is 1.94. The SMILES string of the molecule is CC(OC(=O)CO)C1CCCCC1. The lowest BCUT2D eigenvalue weighted by molar-refractivity contribution is -0.154. The van der Waals surface area contributed by atoms with Crippen LogP contribution in [0.25, 0.3) is 0 Å². The van der Waals surface area contributed by atoms with Gasteiger partial charge in [0.25, 0.3) is 0 Å². The molecule has 1 fully saturated rings. The number of rotatable bonds is 3. The highest BCUT2D eigenvalue weighted by molar-refractivity contribution is 5.70. The van der Waals surface area contributed by atoms with Crippen molar-refractivity contribution in [1.29, 1.82) is 0 Å². The van der Waals surface area contributed by atoms with Crippen LogP contribution in [0.4, 0.5) is 0 Å². The summed E-state index contributed by atoms with van der Waals surface area (Å²) < 4.78 is 5.05. The number of carbonyl (C=O) groups is 1. The van der Waals surface area contributed by atoms with E-state index in [-0.39, 0.29) is 6.10 Å². The molecule has 1 N–H and O–H groups in total. The first-order valence-electron chi connectivity index (χ1n) is 5.04. The summed E-state index contributed by atoms with van der Waals surface area (Å²) in [6.45, 7) is 1.42. The van der Waals surface area contributed by atoms with E-state index in [1.165, 1.54) is 19.3 Å². The first kappa shape index (κ1) is 10.5. The fraction of sp³-hybridized carbons (Fsp3) is 0.900. The molecule has 0 aromatic carbocycles. The molecule has 0 aromatic heterocycles. The molecule has 0 heterocycles. The molecule has 0 aromatic rings. The van der Waals surface area contributed by atoms with Crippen molar-refractivity contribution in [3.63, 3.8) is 0 Å². The van der Waals surface area contributed by atoms with Crippen LogP contribution in [0.5, 0.6) is 0 Å². The molecule has 0 aliphatic heterocycles. The van der Waals surface area contributed by atoms with Gasteiger partial charge in [-0.3, -0.25) is 0 Å². The van der Waals surface area contributed by atoms with Crippen LogP contribution >= 0.6 is 0 Å². The number of esters is 1. The molecule has 1 rings (SSSR count). The predicted octanol–water partition coefficient (Wildman–Crippen LogP) is 1.49. The van der Waals surface area contributed by atoms with Crippen LogP contribution < -0.4 is 0 Å². The normalized spacial score (nSPS) is 21.1. The average molecular weight is 186 g/mol. The van der Waals surface area contributed by atoms with E-state index in [1.54, 1.807) is 0 Å². The number of hydrogen-bond donors (Lipinski definition) is 1. The van der Waals surface area contributed by atoms with Gasteiger partial charge >= 0.3 is 5.97 Å². The van der Waals surface area contributed by atoms with E-state index in [4.69, 9.17) is 9.84 Å². The van der Waals surface area contributed by atoms with E-state index in [0.717, 1.165) is 12.8 Å². The van der Waals surface area contributed by atoms with Crippen molar-refractivity contribution in [3.8, 4) is 0 Å². The van der Waals surface area contributed by atoms with Crippen LogP contribution in [0.1, 0.15) is 39.0 Å². The molecule has 1 saturated carbocycles. The molecule has 0 spiro atoms. The molecule has 1 atom stereocenters. The Balaban J connectivity index is 2.28. The van der Waals surface area contributed by atoms with Crippen molar-refractivity contribution < 1.29 is 14.6 Å². The zero-order valence-electron chi connectivity index (χ0n) is 8.16. The third-order valence-electron chi connectivity index (χ3n) is 2.76. The molecule has 76 valence electrons. The van der Waals surface area contributed by atoms with Gasteiger partial charge in [-0.15, -0.1) is 0 Å². The van der Waals surface area contributed by atoms with Crippen molar-refractivity contribution in [3.05, 3.63) is 0 Å². The van der Waals surface area contributed by atoms with Crippen LogP contribution in [-0.2, 0) is 9.53 Å². The highest BCUT2D eigenvalue weighted by Crippen LogP contribution is 2.27. The lowest BCUT2D eigenvalue weighted by atomic mass is 9.86. The Kier molecular flexibility index (Phi) is 4.22. The maximum absolute atomic E-state index is 10.8. The van der Waals surface area contributed by atoms with E-state index in [9.17, 15) is 4.79 Å². The quantitative estimate of drug-likeness (QED) is 0.679. The minimum Gasteiger partial charge on any atom is -0.461 e. The Morgan fingerprint density at radius 3 is 2.62 bits per heavy atom. The third-order valence-corrected chi connectivity index (χ3v) is 2.76. The molecule has 1 unspecified atom stereocenters. The summed E-state index contributed by atoms with van der Waals surface area (Å²) >= 11 is 0. The van der Waals surface area contributed by atoms with E-state index in [1.807, 2.05) is 6.92 Å². The van der Waals surface area contributed by atoms with Crippen molar-refractivity contribution in [1.82, 2.24) is 0 Å². The smallest absolute Gasteiger partial charge is 0.332 e. The number of hydrogen-bond acceptors (Lipinski definition) is 3. The molecule has 13 heavy (non-hydrogen) atoms. The molecule has 3 nitrogen and oxygen atoms in total. The first-order valence-corrected chi connectivity index (χ1v) is 5.04. The van der Waals surface area contributed by atoms with Gasteiger partial charge in [-0.05, 0) is 25.7 Å². The zero-order chi connectivity index (χ0) is 9.68. The van der Waals surface area contributed by atoms with Gasteiger partial charge in [0.05, 0.1) is 0 Å². The average Bonchev–Trinajstić information content (AvgIpc) is 2.19. The second-order valence-corrected chi connectivity index (χ2v) is 3.75. The van der Waals surface area contributed by atoms with Crippen molar-refractivity contribution >= 4 is 5.97 Å². The highest BCUT2D eigenvalue weighted by atomic mass is 16.6. The number of aliphatic hydroxyl groups excluding tert-OH is 1. The number of aliphatic hydroxyl groups is 1. The van der Waals surface area contributed by atoms with Crippen molar-refractivity contribution in [2.75, 3.05) is 6.61 Å².